The van der Waals surface area contributed by atoms with E-state index in [0.29, 0.717) is 10.3 Å². The molecule has 0 N–H and O–H groups in total. The summed E-state index contributed by atoms with van der Waals surface area (Å²) < 4.78 is 0. The predicted molar refractivity (Wildman–Crippen MR) is 115 cm³/mol. The minimum atomic E-state index is -0.253. The largest absolute Gasteiger partial charge is 0.257 e. The normalized spacial score (nSPS) is 15.0. The molecule has 0 aliphatic heterocycles. The summed E-state index contributed by atoms with van der Waals surface area (Å²) in [5, 5.41) is 0.582. The van der Waals surface area contributed by atoms with Crippen molar-refractivity contribution < 1.29 is 0 Å². The molecule has 2 aromatic rings. The van der Waals surface area contributed by atoms with Crippen molar-refractivity contribution >= 4 is 26.7 Å². The van der Waals surface area contributed by atoms with Crippen LogP contribution in [0.3, 0.4) is 0 Å². The number of aromatic nitrogens is 2. The highest BCUT2D eigenvalue weighted by atomic mass is 31.1. The Bertz CT molecular complexity index is 573. The lowest BCUT2D eigenvalue weighted by Crippen LogP contribution is -2.25. The Morgan fingerprint density at radius 2 is 1.08 bits per heavy atom. The summed E-state index contributed by atoms with van der Waals surface area (Å²) >= 11 is 0. The highest BCUT2D eigenvalue weighted by Gasteiger charge is 2.29. The zero-order valence-electron chi connectivity index (χ0n) is 16.5. The summed E-state index contributed by atoms with van der Waals surface area (Å²) in [7, 11) is -0.507. The number of nitrogens with zero attached hydrogens (tertiary/aromatic N) is 2. The fourth-order valence-electron chi connectivity index (χ4n) is 3.00. The van der Waals surface area contributed by atoms with Crippen LogP contribution in [0.1, 0.15) is 48.0 Å². The van der Waals surface area contributed by atoms with Gasteiger partial charge in [-0.25, -0.2) is 0 Å². The first-order valence-electron chi connectivity index (χ1n) is 9.07. The summed E-state index contributed by atoms with van der Waals surface area (Å²) in [6.07, 6.45) is 7.62. The van der Waals surface area contributed by atoms with E-state index in [9.17, 15) is 0 Å². The van der Waals surface area contributed by atoms with Crippen molar-refractivity contribution in [1.82, 2.24) is 9.97 Å². The first-order chi connectivity index (χ1) is 11.7. The van der Waals surface area contributed by atoms with E-state index in [1.54, 1.807) is 0 Å². The number of pyridine rings is 2. The van der Waals surface area contributed by atoms with E-state index in [1.165, 1.54) is 29.6 Å². The average molecular weight is 374 g/mol. The number of hydrogen-bond donors (Lipinski definition) is 0. The monoisotopic (exact) mass is 374 g/mol. The molecule has 4 heteroatoms. The summed E-state index contributed by atoms with van der Waals surface area (Å²) in [5.41, 5.74) is 2.59. The van der Waals surface area contributed by atoms with Crippen LogP contribution in [-0.4, -0.2) is 32.6 Å². The van der Waals surface area contributed by atoms with Crippen LogP contribution in [0.15, 0.2) is 48.8 Å². The van der Waals surface area contributed by atoms with E-state index in [-0.39, 0.29) is 15.8 Å². The molecule has 0 saturated carbocycles. The summed E-state index contributed by atoms with van der Waals surface area (Å²) in [5.74, 6) is 0. The predicted octanol–water partition coefficient (Wildman–Crippen LogP) is 5.38. The van der Waals surface area contributed by atoms with Crippen molar-refractivity contribution in [3.05, 3.63) is 48.8 Å². The maximum atomic E-state index is 4.67. The van der Waals surface area contributed by atoms with Crippen molar-refractivity contribution in [3.8, 4) is 0 Å². The molecule has 2 unspecified atom stereocenters. The molecule has 0 amide bonds. The zero-order valence-corrected chi connectivity index (χ0v) is 18.3. The second-order valence-electron chi connectivity index (χ2n) is 8.37. The molecule has 0 spiro atoms. The Morgan fingerprint density at radius 1 is 0.680 bits per heavy atom. The smallest absolute Gasteiger partial charge is 0.0636 e. The van der Waals surface area contributed by atoms with Gasteiger partial charge < -0.3 is 0 Å². The van der Waals surface area contributed by atoms with Crippen LogP contribution < -0.4 is 10.9 Å². The molecule has 0 aliphatic carbocycles. The number of hydrogen-bond acceptors (Lipinski definition) is 2. The first-order valence-corrected chi connectivity index (χ1v) is 12.1. The molecule has 2 nitrogen and oxygen atoms in total. The van der Waals surface area contributed by atoms with Crippen LogP contribution in [0.2, 0.25) is 0 Å². The van der Waals surface area contributed by atoms with Gasteiger partial charge in [-0.1, -0.05) is 53.7 Å². The van der Waals surface area contributed by atoms with Crippen LogP contribution in [-0.2, 0) is 0 Å². The van der Waals surface area contributed by atoms with Gasteiger partial charge in [0.1, 0.15) is 0 Å². The molecule has 2 aromatic heterocycles. The van der Waals surface area contributed by atoms with Gasteiger partial charge in [0, 0.05) is 12.4 Å². The van der Waals surface area contributed by atoms with Crippen LogP contribution in [0.25, 0.3) is 0 Å². The fourth-order valence-corrected chi connectivity index (χ4v) is 8.32. The van der Waals surface area contributed by atoms with Gasteiger partial charge in [0.05, 0.1) is 10.9 Å². The van der Waals surface area contributed by atoms with Crippen LogP contribution in [0.5, 0.6) is 0 Å². The summed E-state index contributed by atoms with van der Waals surface area (Å²) in [4.78, 5) is 9.34. The van der Waals surface area contributed by atoms with Crippen LogP contribution >= 0.6 is 15.8 Å². The van der Waals surface area contributed by atoms with Crippen molar-refractivity contribution in [3.63, 3.8) is 0 Å². The van der Waals surface area contributed by atoms with Gasteiger partial charge in [-0.05, 0) is 69.2 Å². The molecule has 0 aliphatic rings. The van der Waals surface area contributed by atoms with E-state index in [2.05, 4.69) is 75.8 Å². The van der Waals surface area contributed by atoms with Gasteiger partial charge >= 0.3 is 0 Å². The van der Waals surface area contributed by atoms with Gasteiger partial charge in [0.15, 0.2) is 0 Å². The molecule has 0 radical (unpaired) electrons. The molecule has 2 heterocycles. The maximum Gasteiger partial charge on any atom is 0.0636 e. The highest BCUT2D eigenvalue weighted by molar-refractivity contribution is 7.67. The minimum absolute atomic E-state index is 0.253. The Kier molecular flexibility index (Phi) is 7.12. The Labute approximate surface area is 156 Å². The molecular formula is C21H32N2P2. The third-order valence-corrected chi connectivity index (χ3v) is 10.6. The second kappa shape index (κ2) is 8.70. The molecule has 2 rings (SSSR count). The van der Waals surface area contributed by atoms with E-state index >= 15 is 0 Å². The molecular weight excluding hydrogens is 342 g/mol. The quantitative estimate of drug-likeness (QED) is 0.635. The fraction of sp³-hybridized carbons (Fsp3) is 0.524. The topological polar surface area (TPSA) is 25.8 Å². The van der Waals surface area contributed by atoms with Gasteiger partial charge in [0.2, 0.25) is 0 Å². The van der Waals surface area contributed by atoms with Crippen LogP contribution in [0, 0.1) is 0 Å². The van der Waals surface area contributed by atoms with Gasteiger partial charge in [-0.3, -0.25) is 9.97 Å². The zero-order chi connectivity index (χ0) is 18.5. The van der Waals surface area contributed by atoms with Crippen molar-refractivity contribution in [2.75, 3.05) is 12.3 Å². The lowest BCUT2D eigenvalue weighted by atomic mass is 10.3. The van der Waals surface area contributed by atoms with E-state index < -0.39 is 0 Å². The first kappa shape index (κ1) is 20.5. The van der Waals surface area contributed by atoms with Crippen molar-refractivity contribution in [2.45, 2.75) is 58.3 Å². The standard InChI is InChI=1S/C21H32N2P2/c1-20(2,3)24(18-12-7-9-14-22-18)16-11-17-25(21(4,5)6)19-13-8-10-15-23-19/h7-10,12-15H,11,16-17H2,1-6H3. The third kappa shape index (κ3) is 6.12. The number of rotatable bonds is 6. The lowest BCUT2D eigenvalue weighted by Gasteiger charge is -2.34. The van der Waals surface area contributed by atoms with Crippen molar-refractivity contribution in [2.24, 2.45) is 0 Å². The Hall–Kier alpha value is -0.840. The van der Waals surface area contributed by atoms with Crippen LogP contribution in [0.4, 0.5) is 0 Å². The van der Waals surface area contributed by atoms with Gasteiger partial charge in [-0.2, -0.15) is 0 Å². The Balaban J connectivity index is 2.09. The molecule has 25 heavy (non-hydrogen) atoms. The minimum Gasteiger partial charge on any atom is -0.257 e. The SMILES string of the molecule is CC(C)(C)P(CCCP(c1ccccn1)C(C)(C)C)c1ccccn1. The van der Waals surface area contributed by atoms with E-state index in [1.807, 2.05) is 24.5 Å². The molecule has 136 valence electrons. The van der Waals surface area contributed by atoms with E-state index in [4.69, 9.17) is 0 Å². The maximum absolute atomic E-state index is 4.67. The summed E-state index contributed by atoms with van der Waals surface area (Å²) in [6, 6.07) is 12.7. The lowest BCUT2D eigenvalue weighted by molar-refractivity contribution is 0.776. The van der Waals surface area contributed by atoms with Gasteiger partial charge in [-0.15, -0.1) is 0 Å². The van der Waals surface area contributed by atoms with Gasteiger partial charge in [0.25, 0.3) is 0 Å². The Morgan fingerprint density at radius 3 is 1.36 bits per heavy atom. The molecule has 0 fully saturated rings. The van der Waals surface area contributed by atoms with E-state index in [0.717, 1.165) is 0 Å². The highest BCUT2D eigenvalue weighted by Crippen LogP contribution is 2.52. The average Bonchev–Trinajstić information content (AvgIpc) is 2.54. The second-order valence-corrected chi connectivity index (χ2v) is 14.6. The third-order valence-electron chi connectivity index (χ3n) is 4.23. The molecule has 0 aromatic carbocycles. The molecule has 0 saturated heterocycles. The van der Waals surface area contributed by atoms with Crippen molar-refractivity contribution in [1.29, 1.82) is 0 Å². The molecule has 2 atom stereocenters. The molecule has 0 bridgehead atoms. The summed E-state index contributed by atoms with van der Waals surface area (Å²) in [6.45, 7) is 14.2.